The molecule has 40 heavy (non-hydrogen) atoms. The summed E-state index contributed by atoms with van der Waals surface area (Å²) < 4.78 is 5.74. The van der Waals surface area contributed by atoms with Gasteiger partial charge in [0.2, 0.25) is 17.7 Å². The van der Waals surface area contributed by atoms with Crippen LogP contribution in [0.25, 0.3) is 10.2 Å². The van der Waals surface area contributed by atoms with E-state index in [1.807, 2.05) is 13.0 Å². The van der Waals surface area contributed by atoms with E-state index in [9.17, 15) is 14.4 Å². The predicted molar refractivity (Wildman–Crippen MR) is 151 cm³/mol. The maximum atomic E-state index is 13.5. The highest BCUT2D eigenvalue weighted by atomic mass is 32.1. The SMILES string of the molecule is C=CC(=O)N[C@H]1CCC[C@H]1NC(=O)c1sc2nccc3c2c1NC(=O)N3c1cnc(Oc2ccccn2)cc1C. The van der Waals surface area contributed by atoms with Crippen molar-refractivity contribution in [1.82, 2.24) is 25.6 Å². The van der Waals surface area contributed by atoms with E-state index >= 15 is 0 Å². The summed E-state index contributed by atoms with van der Waals surface area (Å²) in [5.41, 5.74) is 2.34. The van der Waals surface area contributed by atoms with Crippen LogP contribution in [0.15, 0.2) is 61.6 Å². The minimum atomic E-state index is -0.423. The molecule has 202 valence electrons. The highest BCUT2D eigenvalue weighted by Crippen LogP contribution is 2.46. The molecule has 4 aromatic heterocycles. The molecule has 0 saturated heterocycles. The minimum Gasteiger partial charge on any atom is -0.421 e. The van der Waals surface area contributed by atoms with E-state index in [4.69, 9.17) is 4.74 Å². The van der Waals surface area contributed by atoms with Crippen LogP contribution in [0, 0.1) is 6.92 Å². The van der Waals surface area contributed by atoms with Crippen LogP contribution in [0.3, 0.4) is 0 Å². The van der Waals surface area contributed by atoms with Gasteiger partial charge in [-0.3, -0.25) is 14.5 Å². The normalized spacial score (nSPS) is 17.8. The Balaban J connectivity index is 1.30. The summed E-state index contributed by atoms with van der Waals surface area (Å²) in [7, 11) is 0. The van der Waals surface area contributed by atoms with Crippen molar-refractivity contribution in [1.29, 1.82) is 0 Å². The van der Waals surface area contributed by atoms with Gasteiger partial charge >= 0.3 is 6.03 Å². The van der Waals surface area contributed by atoms with Crippen LogP contribution < -0.4 is 25.6 Å². The van der Waals surface area contributed by atoms with Gasteiger partial charge in [-0.05, 0) is 50.0 Å². The summed E-state index contributed by atoms with van der Waals surface area (Å²) in [4.78, 5) is 54.3. The predicted octanol–water partition coefficient (Wildman–Crippen LogP) is 4.82. The average Bonchev–Trinajstić information content (AvgIpc) is 3.55. The molecule has 0 bridgehead atoms. The van der Waals surface area contributed by atoms with Crippen molar-refractivity contribution in [3.8, 4) is 11.8 Å². The lowest BCUT2D eigenvalue weighted by Gasteiger charge is -2.29. The second-order valence-corrected chi connectivity index (χ2v) is 10.5. The summed E-state index contributed by atoms with van der Waals surface area (Å²) in [6, 6.07) is 7.99. The number of pyridine rings is 3. The van der Waals surface area contributed by atoms with E-state index in [1.54, 1.807) is 42.9 Å². The van der Waals surface area contributed by atoms with Gasteiger partial charge in [0.15, 0.2) is 0 Å². The Bertz CT molecular complexity index is 1660. The molecular formula is C28H25N7O4S. The third kappa shape index (κ3) is 4.62. The summed E-state index contributed by atoms with van der Waals surface area (Å²) in [6.45, 7) is 5.36. The van der Waals surface area contributed by atoms with E-state index in [1.165, 1.54) is 22.3 Å². The Labute approximate surface area is 233 Å². The fraction of sp³-hybridized carbons (Fsp3) is 0.214. The van der Waals surface area contributed by atoms with Crippen molar-refractivity contribution in [3.63, 3.8) is 0 Å². The van der Waals surface area contributed by atoms with E-state index < -0.39 is 6.03 Å². The molecule has 3 N–H and O–H groups in total. The lowest BCUT2D eigenvalue weighted by Crippen LogP contribution is -2.48. The number of hydrogen-bond donors (Lipinski definition) is 3. The van der Waals surface area contributed by atoms with Gasteiger partial charge in [-0.2, -0.15) is 0 Å². The molecule has 12 heteroatoms. The molecule has 0 unspecified atom stereocenters. The molecule has 2 atom stereocenters. The molecule has 5 heterocycles. The van der Waals surface area contributed by atoms with E-state index in [-0.39, 0.29) is 23.9 Å². The first-order valence-corrected chi connectivity index (χ1v) is 13.6. The van der Waals surface area contributed by atoms with Crippen LogP contribution in [0.5, 0.6) is 11.8 Å². The number of ether oxygens (including phenoxy) is 1. The number of carbonyl (C=O) groups excluding carboxylic acids is 3. The van der Waals surface area contributed by atoms with Crippen LogP contribution in [-0.2, 0) is 4.79 Å². The number of aryl methyl sites for hydroxylation is 1. The second-order valence-electron chi connectivity index (χ2n) is 9.49. The quantitative estimate of drug-likeness (QED) is 0.278. The van der Waals surface area contributed by atoms with Gasteiger partial charge in [-0.15, -0.1) is 11.3 Å². The fourth-order valence-electron chi connectivity index (χ4n) is 5.09. The monoisotopic (exact) mass is 555 g/mol. The molecule has 0 radical (unpaired) electrons. The molecule has 4 amide bonds. The largest absolute Gasteiger partial charge is 0.421 e. The first-order valence-electron chi connectivity index (χ1n) is 12.7. The van der Waals surface area contributed by atoms with E-state index in [2.05, 4.69) is 37.5 Å². The second kappa shape index (κ2) is 10.4. The van der Waals surface area contributed by atoms with Crippen LogP contribution in [0.4, 0.5) is 21.9 Å². The Morgan fingerprint density at radius 3 is 2.67 bits per heavy atom. The lowest BCUT2D eigenvalue weighted by molar-refractivity contribution is -0.117. The summed E-state index contributed by atoms with van der Waals surface area (Å²) in [6.07, 6.45) is 8.42. The number of urea groups is 1. The third-order valence-electron chi connectivity index (χ3n) is 6.94. The Morgan fingerprint density at radius 2 is 1.93 bits per heavy atom. The topological polar surface area (TPSA) is 138 Å². The Hall–Kier alpha value is -4.84. The average molecular weight is 556 g/mol. The fourth-order valence-corrected chi connectivity index (χ4v) is 6.11. The van der Waals surface area contributed by atoms with E-state index in [0.717, 1.165) is 24.8 Å². The van der Waals surface area contributed by atoms with E-state index in [0.29, 0.717) is 43.9 Å². The van der Waals surface area contributed by atoms with Crippen LogP contribution in [0.2, 0.25) is 0 Å². The number of nitrogens with one attached hydrogen (secondary N) is 3. The maximum absolute atomic E-state index is 13.5. The maximum Gasteiger partial charge on any atom is 0.331 e. The molecule has 0 spiro atoms. The molecule has 1 aliphatic heterocycles. The van der Waals surface area contributed by atoms with Crippen LogP contribution in [-0.4, -0.2) is 44.9 Å². The standard InChI is InChI=1S/C28H25N7O4S/c1-3-20(36)32-16-7-6-8-17(16)33-26(37)25-24-23-18(10-12-30-27(23)40-25)35(28(38)34-24)19-14-31-22(13-15(19)2)39-21-9-4-5-11-29-21/h3-5,9-14,16-17H,1,6-8H2,2H3,(H,32,36)(H,33,37)(H,34,38)/t16-,17+/m0/s1. The van der Waals surface area contributed by atoms with Gasteiger partial charge in [-0.1, -0.05) is 12.6 Å². The van der Waals surface area contributed by atoms with Gasteiger partial charge < -0.3 is 20.7 Å². The van der Waals surface area contributed by atoms with Gasteiger partial charge in [-0.25, -0.2) is 19.7 Å². The minimum absolute atomic E-state index is 0.181. The molecule has 0 aromatic carbocycles. The van der Waals surface area contributed by atoms with Crippen molar-refractivity contribution in [3.05, 3.63) is 72.0 Å². The van der Waals surface area contributed by atoms with Crippen LogP contribution >= 0.6 is 11.3 Å². The number of aromatic nitrogens is 3. The molecule has 11 nitrogen and oxygen atoms in total. The van der Waals surface area contributed by atoms with Crippen molar-refractivity contribution in [2.75, 3.05) is 10.2 Å². The van der Waals surface area contributed by atoms with Gasteiger partial charge in [0.05, 0.1) is 28.6 Å². The highest BCUT2D eigenvalue weighted by Gasteiger charge is 2.35. The van der Waals surface area contributed by atoms with Crippen molar-refractivity contribution < 1.29 is 19.1 Å². The van der Waals surface area contributed by atoms with Crippen molar-refractivity contribution in [2.24, 2.45) is 0 Å². The zero-order valence-electron chi connectivity index (χ0n) is 21.5. The summed E-state index contributed by atoms with van der Waals surface area (Å²) in [5.74, 6) is 0.165. The molecule has 6 rings (SSSR count). The number of anilines is 3. The number of rotatable bonds is 7. The number of nitrogens with zero attached hydrogens (tertiary/aromatic N) is 4. The highest BCUT2D eigenvalue weighted by molar-refractivity contribution is 7.21. The molecule has 2 aliphatic rings. The van der Waals surface area contributed by atoms with Gasteiger partial charge in [0.25, 0.3) is 5.91 Å². The van der Waals surface area contributed by atoms with Gasteiger partial charge in [0, 0.05) is 36.6 Å². The molecule has 1 fully saturated rings. The zero-order valence-corrected chi connectivity index (χ0v) is 22.3. The number of hydrogen-bond acceptors (Lipinski definition) is 8. The number of thiophene rings is 1. The molecule has 4 aromatic rings. The Morgan fingerprint density at radius 1 is 1.10 bits per heavy atom. The summed E-state index contributed by atoms with van der Waals surface area (Å²) >= 11 is 1.21. The first kappa shape index (κ1) is 25.4. The smallest absolute Gasteiger partial charge is 0.331 e. The Kier molecular flexibility index (Phi) is 6.60. The van der Waals surface area contributed by atoms with Gasteiger partial charge in [0.1, 0.15) is 9.71 Å². The summed E-state index contributed by atoms with van der Waals surface area (Å²) in [5, 5.41) is 9.52. The van der Waals surface area contributed by atoms with Crippen molar-refractivity contribution >= 4 is 56.5 Å². The lowest BCUT2D eigenvalue weighted by atomic mass is 10.1. The third-order valence-corrected chi connectivity index (χ3v) is 8.04. The molecule has 1 aliphatic carbocycles. The zero-order chi connectivity index (χ0) is 27.8. The molecule has 1 saturated carbocycles. The van der Waals surface area contributed by atoms with Crippen molar-refractivity contribution in [2.45, 2.75) is 38.3 Å². The number of amides is 4. The molecular weight excluding hydrogens is 530 g/mol. The number of carbonyl (C=O) groups is 3. The first-order chi connectivity index (χ1) is 19.4. The van der Waals surface area contributed by atoms with Crippen LogP contribution in [0.1, 0.15) is 34.5 Å².